The van der Waals surface area contributed by atoms with Crippen LogP contribution < -0.4 is 5.32 Å². The summed E-state index contributed by atoms with van der Waals surface area (Å²) in [6, 6.07) is 3.75. The van der Waals surface area contributed by atoms with Gasteiger partial charge in [0.1, 0.15) is 10.0 Å². The molecule has 1 aromatic carbocycles. The predicted octanol–water partition coefficient (Wildman–Crippen LogP) is 2.64. The lowest BCUT2D eigenvalue weighted by molar-refractivity contribution is 0.509. The number of likely N-dealkylation sites (N-methyl/N-ethyl adjacent to an activating group) is 1. The Balaban J connectivity index is 2.11. The highest BCUT2D eigenvalue weighted by Crippen LogP contribution is 2.24. The summed E-state index contributed by atoms with van der Waals surface area (Å²) in [6.45, 7) is 3.78. The average Bonchev–Trinajstić information content (AvgIpc) is 2.82. The average molecular weight is 269 g/mol. The van der Waals surface area contributed by atoms with Crippen LogP contribution in [0.2, 0.25) is 0 Å². The van der Waals surface area contributed by atoms with Crippen LogP contribution in [0.3, 0.4) is 0 Å². The van der Waals surface area contributed by atoms with Crippen LogP contribution in [0.1, 0.15) is 11.9 Å². The molecule has 6 heteroatoms. The monoisotopic (exact) mass is 269 g/mol. The van der Waals surface area contributed by atoms with Gasteiger partial charge in [-0.2, -0.15) is 0 Å². The number of aromatic nitrogens is 2. The van der Waals surface area contributed by atoms with Crippen molar-refractivity contribution >= 4 is 11.3 Å². The molecule has 18 heavy (non-hydrogen) atoms. The summed E-state index contributed by atoms with van der Waals surface area (Å²) in [7, 11) is 0. The Morgan fingerprint density at radius 2 is 2.06 bits per heavy atom. The maximum atomic E-state index is 13.1. The third-order valence-electron chi connectivity index (χ3n) is 2.40. The highest BCUT2D eigenvalue weighted by molar-refractivity contribution is 7.14. The first-order valence-electron chi connectivity index (χ1n) is 5.69. The zero-order chi connectivity index (χ0) is 13.0. The van der Waals surface area contributed by atoms with E-state index < -0.39 is 11.6 Å². The number of rotatable bonds is 5. The lowest BCUT2D eigenvalue weighted by Gasteiger charge is -1.97. The second kappa shape index (κ2) is 5.97. The van der Waals surface area contributed by atoms with Crippen molar-refractivity contribution in [2.75, 3.05) is 13.1 Å². The van der Waals surface area contributed by atoms with Crippen LogP contribution in [0.5, 0.6) is 0 Å². The lowest BCUT2D eigenvalue weighted by Crippen LogP contribution is -2.15. The number of hydrogen-bond acceptors (Lipinski definition) is 4. The molecule has 0 aliphatic heterocycles. The molecule has 1 N–H and O–H groups in total. The van der Waals surface area contributed by atoms with Crippen molar-refractivity contribution < 1.29 is 8.78 Å². The maximum absolute atomic E-state index is 13.1. The van der Waals surface area contributed by atoms with Gasteiger partial charge in [0, 0.05) is 18.5 Å². The standard InChI is InChI=1S/C12H13F2N3S/c1-2-15-6-5-11-16-17-12(18-11)8-3-4-9(13)10(14)7-8/h3-4,7,15H,2,5-6H2,1H3. The molecule has 1 heterocycles. The minimum absolute atomic E-state index is 0.557. The SMILES string of the molecule is CCNCCc1nnc(-c2ccc(F)c(F)c2)s1. The Morgan fingerprint density at radius 1 is 1.22 bits per heavy atom. The molecule has 3 nitrogen and oxygen atoms in total. The van der Waals surface area contributed by atoms with Crippen molar-refractivity contribution in [1.29, 1.82) is 0 Å². The van der Waals surface area contributed by atoms with Gasteiger partial charge < -0.3 is 5.32 Å². The largest absolute Gasteiger partial charge is 0.317 e. The summed E-state index contributed by atoms with van der Waals surface area (Å²) in [5.74, 6) is -1.72. The van der Waals surface area contributed by atoms with Gasteiger partial charge in [-0.15, -0.1) is 10.2 Å². The van der Waals surface area contributed by atoms with Gasteiger partial charge in [-0.25, -0.2) is 8.78 Å². The van der Waals surface area contributed by atoms with E-state index in [1.165, 1.54) is 17.4 Å². The Bertz CT molecular complexity index is 528. The van der Waals surface area contributed by atoms with Gasteiger partial charge in [0.2, 0.25) is 0 Å². The van der Waals surface area contributed by atoms with E-state index >= 15 is 0 Å². The smallest absolute Gasteiger partial charge is 0.159 e. The first-order valence-corrected chi connectivity index (χ1v) is 6.51. The summed E-state index contributed by atoms with van der Waals surface area (Å²) >= 11 is 1.40. The molecule has 0 saturated carbocycles. The summed E-state index contributed by atoms with van der Waals surface area (Å²) in [5, 5.41) is 12.7. The van der Waals surface area contributed by atoms with E-state index in [1.807, 2.05) is 6.92 Å². The van der Waals surface area contributed by atoms with Crippen LogP contribution in [0.25, 0.3) is 10.6 Å². The minimum Gasteiger partial charge on any atom is -0.317 e. The Labute approximate surface area is 108 Å². The molecule has 0 radical (unpaired) electrons. The van der Waals surface area contributed by atoms with Gasteiger partial charge in [-0.1, -0.05) is 18.3 Å². The van der Waals surface area contributed by atoms with Crippen molar-refractivity contribution in [2.24, 2.45) is 0 Å². The Kier molecular flexibility index (Phi) is 4.33. The normalized spacial score (nSPS) is 10.8. The molecule has 0 aliphatic rings. The van der Waals surface area contributed by atoms with E-state index in [4.69, 9.17) is 0 Å². The lowest BCUT2D eigenvalue weighted by atomic mass is 10.2. The van der Waals surface area contributed by atoms with Crippen LogP contribution in [0.15, 0.2) is 18.2 Å². The highest BCUT2D eigenvalue weighted by atomic mass is 32.1. The molecule has 0 bridgehead atoms. The van der Waals surface area contributed by atoms with Crippen LogP contribution in [-0.4, -0.2) is 23.3 Å². The molecular weight excluding hydrogens is 256 g/mol. The molecule has 0 spiro atoms. The summed E-state index contributed by atoms with van der Waals surface area (Å²) in [4.78, 5) is 0. The Morgan fingerprint density at radius 3 is 2.78 bits per heavy atom. The van der Waals surface area contributed by atoms with Gasteiger partial charge in [-0.3, -0.25) is 0 Å². The highest BCUT2D eigenvalue weighted by Gasteiger charge is 2.09. The van der Waals surface area contributed by atoms with E-state index in [0.717, 1.165) is 36.7 Å². The topological polar surface area (TPSA) is 37.8 Å². The fraction of sp³-hybridized carbons (Fsp3) is 0.333. The second-order valence-electron chi connectivity index (χ2n) is 3.73. The van der Waals surface area contributed by atoms with E-state index in [-0.39, 0.29) is 0 Å². The van der Waals surface area contributed by atoms with Gasteiger partial charge in [0.15, 0.2) is 11.6 Å². The fourth-order valence-corrected chi connectivity index (χ4v) is 2.31. The molecule has 1 aromatic heterocycles. The first-order chi connectivity index (χ1) is 8.70. The van der Waals surface area contributed by atoms with Crippen LogP contribution in [-0.2, 0) is 6.42 Å². The molecule has 96 valence electrons. The van der Waals surface area contributed by atoms with Crippen molar-refractivity contribution in [3.63, 3.8) is 0 Å². The first kappa shape index (κ1) is 13.0. The molecular formula is C12H13F2N3S. The number of nitrogens with zero attached hydrogens (tertiary/aromatic N) is 2. The van der Waals surface area contributed by atoms with E-state index in [9.17, 15) is 8.78 Å². The summed E-state index contributed by atoms with van der Waals surface area (Å²) in [6.07, 6.45) is 0.787. The molecule has 0 fully saturated rings. The van der Waals surface area contributed by atoms with Crippen molar-refractivity contribution in [3.05, 3.63) is 34.8 Å². The van der Waals surface area contributed by atoms with E-state index in [1.54, 1.807) is 0 Å². The van der Waals surface area contributed by atoms with Gasteiger partial charge in [0.25, 0.3) is 0 Å². The van der Waals surface area contributed by atoms with Gasteiger partial charge in [-0.05, 0) is 24.7 Å². The van der Waals surface area contributed by atoms with E-state index in [2.05, 4.69) is 15.5 Å². The third kappa shape index (κ3) is 3.08. The molecule has 0 aliphatic carbocycles. The van der Waals surface area contributed by atoms with Gasteiger partial charge in [0.05, 0.1) is 0 Å². The number of hydrogen-bond donors (Lipinski definition) is 1. The number of halogens is 2. The quantitative estimate of drug-likeness (QED) is 0.848. The maximum Gasteiger partial charge on any atom is 0.159 e. The molecule has 0 atom stereocenters. The third-order valence-corrected chi connectivity index (χ3v) is 3.43. The van der Waals surface area contributed by atoms with Crippen LogP contribution in [0, 0.1) is 11.6 Å². The summed E-state index contributed by atoms with van der Waals surface area (Å²) < 4.78 is 25.9. The molecule has 0 amide bonds. The zero-order valence-corrected chi connectivity index (χ0v) is 10.7. The van der Waals surface area contributed by atoms with Crippen molar-refractivity contribution in [2.45, 2.75) is 13.3 Å². The van der Waals surface area contributed by atoms with Crippen molar-refractivity contribution in [1.82, 2.24) is 15.5 Å². The van der Waals surface area contributed by atoms with Crippen LogP contribution >= 0.6 is 11.3 Å². The van der Waals surface area contributed by atoms with E-state index in [0.29, 0.717) is 10.6 Å². The van der Waals surface area contributed by atoms with Crippen LogP contribution in [0.4, 0.5) is 8.78 Å². The predicted molar refractivity (Wildman–Crippen MR) is 67.5 cm³/mol. The molecule has 2 aromatic rings. The molecule has 0 unspecified atom stereocenters. The minimum atomic E-state index is -0.864. The van der Waals surface area contributed by atoms with Gasteiger partial charge >= 0.3 is 0 Å². The molecule has 0 saturated heterocycles. The number of benzene rings is 1. The molecule has 2 rings (SSSR count). The van der Waals surface area contributed by atoms with Crippen molar-refractivity contribution in [3.8, 4) is 10.6 Å². The Hall–Kier alpha value is -1.40. The number of nitrogens with one attached hydrogen (secondary N) is 1. The zero-order valence-electron chi connectivity index (χ0n) is 9.91. The summed E-state index contributed by atoms with van der Waals surface area (Å²) in [5.41, 5.74) is 0.557. The second-order valence-corrected chi connectivity index (χ2v) is 4.80. The fourth-order valence-electron chi connectivity index (χ4n) is 1.47.